The molecule has 4 amide bonds. The molecule has 0 radical (unpaired) electrons. The normalized spacial score (nSPS) is 15.6. The fraction of sp³-hybridized carbons (Fsp3) is 0.0541. The fourth-order valence-corrected chi connectivity index (χ4v) is 5.24. The molecule has 2 fully saturated rings. The monoisotopic (exact) mass is 782 g/mol. The summed E-state index contributed by atoms with van der Waals surface area (Å²) >= 11 is 2.16. The number of ether oxygens (including phenoxy) is 1. The van der Waals surface area contributed by atoms with E-state index in [0.717, 1.165) is 14.7 Å². The van der Waals surface area contributed by atoms with E-state index < -0.39 is 29.6 Å². The summed E-state index contributed by atoms with van der Waals surface area (Å²) in [7, 11) is 0. The van der Waals surface area contributed by atoms with Crippen LogP contribution in [0.4, 0.5) is 11.4 Å². The molecular weight excluding hydrogens is 755 g/mol. The zero-order chi connectivity index (χ0) is 35.2. The molecule has 0 bridgehead atoms. The van der Waals surface area contributed by atoms with Crippen LogP contribution in [0.2, 0.25) is 0 Å². The molecule has 12 nitrogen and oxygen atoms in total. The van der Waals surface area contributed by atoms with E-state index in [9.17, 15) is 24.0 Å². The second kappa shape index (κ2) is 14.9. The van der Waals surface area contributed by atoms with Gasteiger partial charge < -0.3 is 13.6 Å². The molecule has 7 rings (SSSR count). The minimum Gasteiger partial charge on any atom is -0.465 e. The molecule has 0 aliphatic carbocycles. The van der Waals surface area contributed by atoms with Crippen LogP contribution in [0, 0.1) is 3.57 Å². The van der Waals surface area contributed by atoms with Gasteiger partial charge in [0, 0.05) is 10.5 Å². The van der Waals surface area contributed by atoms with Crippen LogP contribution >= 0.6 is 22.6 Å². The second-order valence-corrected chi connectivity index (χ2v) is 12.0. The van der Waals surface area contributed by atoms with Gasteiger partial charge in [0.05, 0.1) is 17.6 Å². The van der Waals surface area contributed by atoms with Crippen LogP contribution in [-0.2, 0) is 35.3 Å². The molecule has 2 aromatic heterocycles. The molecule has 250 valence electrons. The van der Waals surface area contributed by atoms with Crippen molar-refractivity contribution in [1.82, 2.24) is 10.9 Å². The van der Waals surface area contributed by atoms with Crippen molar-refractivity contribution in [3.05, 3.63) is 141 Å². The number of amides is 4. The Labute approximate surface area is 299 Å². The first-order valence-corrected chi connectivity index (χ1v) is 16.1. The van der Waals surface area contributed by atoms with Crippen LogP contribution in [0.25, 0.3) is 23.3 Å². The number of hydrazine groups is 2. The summed E-state index contributed by atoms with van der Waals surface area (Å²) in [6, 6.07) is 31.1. The maximum absolute atomic E-state index is 12.5. The minimum absolute atomic E-state index is 0.00652. The maximum atomic E-state index is 12.5. The topological polar surface area (TPSA) is 151 Å². The van der Waals surface area contributed by atoms with E-state index in [2.05, 4.69) is 33.4 Å². The van der Waals surface area contributed by atoms with Crippen molar-refractivity contribution in [3.8, 4) is 11.1 Å². The van der Waals surface area contributed by atoms with Gasteiger partial charge in [-0.15, -0.1) is 0 Å². The highest BCUT2D eigenvalue weighted by molar-refractivity contribution is 14.1. The number of nitrogens with one attached hydrogen (secondary N) is 2. The summed E-state index contributed by atoms with van der Waals surface area (Å²) in [6.07, 6.45) is 4.29. The molecule has 4 heterocycles. The van der Waals surface area contributed by atoms with Crippen LogP contribution < -0.4 is 20.9 Å². The molecule has 0 spiro atoms. The lowest BCUT2D eigenvalue weighted by atomic mass is 10.1. The number of furan rings is 2. The van der Waals surface area contributed by atoms with Gasteiger partial charge in [-0.1, -0.05) is 42.5 Å². The zero-order valence-electron chi connectivity index (χ0n) is 26.3. The van der Waals surface area contributed by atoms with Gasteiger partial charge in [0.25, 0.3) is 23.6 Å². The Kier molecular flexibility index (Phi) is 10.0. The predicted octanol–water partition coefficient (Wildman–Crippen LogP) is 5.82. The number of halogens is 1. The van der Waals surface area contributed by atoms with Crippen molar-refractivity contribution < 1.29 is 37.5 Å². The predicted molar refractivity (Wildman–Crippen MR) is 191 cm³/mol. The number of rotatable bonds is 7. The Morgan fingerprint density at radius 3 is 1.82 bits per heavy atom. The summed E-state index contributed by atoms with van der Waals surface area (Å²) in [4.78, 5) is 60.0. The molecule has 2 N–H and O–H groups in total. The van der Waals surface area contributed by atoms with Crippen LogP contribution in [0.3, 0.4) is 0 Å². The lowest BCUT2D eigenvalue weighted by Gasteiger charge is -2.15. The summed E-state index contributed by atoms with van der Waals surface area (Å²) in [6.45, 7) is 1.29. The van der Waals surface area contributed by atoms with Gasteiger partial charge in [0.2, 0.25) is 0 Å². The summed E-state index contributed by atoms with van der Waals surface area (Å²) in [5, 5.41) is 2.43. The van der Waals surface area contributed by atoms with Crippen molar-refractivity contribution in [2.45, 2.75) is 13.5 Å². The molecule has 0 atom stereocenters. The molecule has 0 unspecified atom stereocenters. The summed E-state index contributed by atoms with van der Waals surface area (Å²) in [5.74, 6) is -1.06. The first-order valence-electron chi connectivity index (χ1n) is 15.1. The second-order valence-electron chi connectivity index (χ2n) is 10.8. The van der Waals surface area contributed by atoms with Gasteiger partial charge in [-0.25, -0.2) is 10.0 Å². The fourth-order valence-electron chi connectivity index (χ4n) is 4.88. The number of anilines is 2. The maximum Gasteiger partial charge on any atom is 0.303 e. The molecule has 2 saturated heterocycles. The Morgan fingerprint density at radius 1 is 0.700 bits per heavy atom. The third kappa shape index (κ3) is 7.73. The van der Waals surface area contributed by atoms with Crippen molar-refractivity contribution in [1.29, 1.82) is 0 Å². The van der Waals surface area contributed by atoms with Gasteiger partial charge in [0.15, 0.2) is 0 Å². The number of nitrogens with zero attached hydrogens (tertiary/aromatic N) is 2. The minimum atomic E-state index is -0.513. The first-order chi connectivity index (χ1) is 24.2. The summed E-state index contributed by atoms with van der Waals surface area (Å²) < 4.78 is 16.5. The molecule has 5 aromatic rings. The number of hydrogen-bond donors (Lipinski definition) is 2. The van der Waals surface area contributed by atoms with Gasteiger partial charge in [-0.3, -0.25) is 34.8 Å². The molecule has 2 aliphatic heterocycles. The van der Waals surface area contributed by atoms with Crippen molar-refractivity contribution in [3.63, 3.8) is 0 Å². The first kappa shape index (κ1) is 33.7. The van der Waals surface area contributed by atoms with Gasteiger partial charge in [-0.2, -0.15) is 0 Å². The summed E-state index contributed by atoms with van der Waals surface area (Å²) in [5.41, 5.74) is 8.39. The molecule has 3 aromatic carbocycles. The third-order valence-electron chi connectivity index (χ3n) is 7.32. The van der Waals surface area contributed by atoms with E-state index in [4.69, 9.17) is 13.6 Å². The van der Waals surface area contributed by atoms with Crippen molar-refractivity contribution in [2.24, 2.45) is 0 Å². The highest BCUT2D eigenvalue weighted by Gasteiger charge is 2.35. The quantitative estimate of drug-likeness (QED) is 0.0909. The van der Waals surface area contributed by atoms with Crippen LogP contribution in [0.15, 0.2) is 129 Å². The van der Waals surface area contributed by atoms with E-state index >= 15 is 0 Å². The average Bonchev–Trinajstić information content (AvgIpc) is 3.92. The smallest absolute Gasteiger partial charge is 0.303 e. The average molecular weight is 783 g/mol. The third-order valence-corrected chi connectivity index (χ3v) is 8.04. The van der Waals surface area contributed by atoms with Crippen molar-refractivity contribution >= 4 is 75.7 Å². The van der Waals surface area contributed by atoms with E-state index in [-0.39, 0.29) is 17.8 Å². The van der Waals surface area contributed by atoms with Gasteiger partial charge in [0.1, 0.15) is 35.0 Å². The SMILES string of the molecule is CC(=O)OCc1ccc(C=C2C(=O)NN(c3ccc(I)cc3)C2=O)o1.O=C1NN(c2ccc(-c3ccccc3)cc2)C(=O)C1=Cc1ccco1. The number of esters is 1. The molecule has 2 aliphatic rings. The Hall–Kier alpha value is -6.22. The zero-order valence-corrected chi connectivity index (χ0v) is 28.4. The Balaban J connectivity index is 0.000000173. The lowest BCUT2D eigenvalue weighted by molar-refractivity contribution is -0.142. The van der Waals surface area contributed by atoms with E-state index in [1.807, 2.05) is 54.6 Å². The molecular formula is C37H27IN4O8. The van der Waals surface area contributed by atoms with Crippen molar-refractivity contribution in [2.75, 3.05) is 10.0 Å². The molecule has 13 heteroatoms. The standard InChI is InChI=1S/C20H14N2O3.C17H13IN2O5/c23-19-18(13-17-7-4-12-25-17)20(24)22(21-19)16-10-8-15(9-11-16)14-5-2-1-3-6-14;1-10(21)24-9-14-7-6-13(25-14)8-15-16(22)19-20(17(15)23)12-4-2-11(18)3-5-12/h1-13H,(H,21,23);2-8H,9H2,1H3,(H,19,22). The van der Waals surface area contributed by atoms with Gasteiger partial charge >= 0.3 is 5.97 Å². The van der Waals surface area contributed by atoms with E-state index in [0.29, 0.717) is 28.7 Å². The van der Waals surface area contributed by atoms with E-state index in [1.54, 1.807) is 48.5 Å². The van der Waals surface area contributed by atoms with Crippen LogP contribution in [0.5, 0.6) is 0 Å². The largest absolute Gasteiger partial charge is 0.465 e. The van der Waals surface area contributed by atoms with E-state index in [1.165, 1.54) is 35.4 Å². The lowest BCUT2D eigenvalue weighted by Crippen LogP contribution is -2.35. The number of carbonyl (C=O) groups is 5. The number of hydrogen-bond acceptors (Lipinski definition) is 8. The highest BCUT2D eigenvalue weighted by Crippen LogP contribution is 2.26. The Bertz CT molecular complexity index is 2120. The molecule has 50 heavy (non-hydrogen) atoms. The Morgan fingerprint density at radius 2 is 1.26 bits per heavy atom. The van der Waals surface area contributed by atoms with Crippen LogP contribution in [0.1, 0.15) is 24.2 Å². The van der Waals surface area contributed by atoms with Gasteiger partial charge in [-0.05, 0) is 107 Å². The van der Waals surface area contributed by atoms with Crippen LogP contribution in [-0.4, -0.2) is 29.6 Å². The molecule has 0 saturated carbocycles. The number of benzene rings is 3. The highest BCUT2D eigenvalue weighted by atomic mass is 127. The number of carbonyl (C=O) groups excluding carboxylic acids is 5.